The number of ether oxygens (including phenoxy) is 1. The van der Waals surface area contributed by atoms with Gasteiger partial charge in [-0.25, -0.2) is 0 Å². The number of nitrogens with zero attached hydrogens (tertiary/aromatic N) is 1. The molecule has 0 atom stereocenters. The lowest BCUT2D eigenvalue weighted by Crippen LogP contribution is -1.73. The second kappa shape index (κ2) is 2.39. The highest BCUT2D eigenvalue weighted by Crippen LogP contribution is 1.86. The highest BCUT2D eigenvalue weighted by Gasteiger charge is 1.81. The van der Waals surface area contributed by atoms with Gasteiger partial charge in [-0.15, -0.1) is 0 Å². The molecular weight excluding hydrogens is 90.1 g/mol. The Morgan fingerprint density at radius 3 is 3.71 bits per heavy atom. The van der Waals surface area contributed by atoms with Gasteiger partial charge in [0.1, 0.15) is 0 Å². The first kappa shape index (κ1) is 4.37. The highest BCUT2D eigenvalue weighted by atomic mass is 16.5. The van der Waals surface area contributed by atoms with E-state index in [4.69, 9.17) is 0 Å². The summed E-state index contributed by atoms with van der Waals surface area (Å²) in [4.78, 5) is 3.83. The van der Waals surface area contributed by atoms with Crippen molar-refractivity contribution in [3.8, 4) is 0 Å². The molecule has 1 heterocycles. The lowest BCUT2D eigenvalue weighted by Gasteiger charge is -1.78. The smallest absolute Gasteiger partial charge is 0.175 e. The second-order valence-corrected chi connectivity index (χ2v) is 1.22. The van der Waals surface area contributed by atoms with Crippen LogP contribution >= 0.6 is 0 Å². The second-order valence-electron chi connectivity index (χ2n) is 1.22. The summed E-state index contributed by atoms with van der Waals surface area (Å²) in [6.45, 7) is 0.802. The minimum atomic E-state index is 0.802. The van der Waals surface area contributed by atoms with E-state index in [0.29, 0.717) is 0 Å². The van der Waals surface area contributed by atoms with E-state index in [0.717, 1.165) is 13.0 Å². The van der Waals surface area contributed by atoms with E-state index >= 15 is 0 Å². The molecule has 0 aromatic carbocycles. The summed E-state index contributed by atoms with van der Waals surface area (Å²) in [5, 5.41) is 0. The largest absolute Gasteiger partial charge is 0.453 e. The molecule has 1 radical (unpaired) electrons. The van der Waals surface area contributed by atoms with Crippen LogP contribution in [-0.4, -0.2) is 12.9 Å². The van der Waals surface area contributed by atoms with Crippen LogP contribution in [0.2, 0.25) is 0 Å². The van der Waals surface area contributed by atoms with Gasteiger partial charge in [-0.2, -0.15) is 0 Å². The normalized spacial score (nSPS) is 18.3. The monoisotopic (exact) mass is 96.0 g/mol. The van der Waals surface area contributed by atoms with Gasteiger partial charge >= 0.3 is 0 Å². The topological polar surface area (TPSA) is 21.6 Å². The predicted molar refractivity (Wildman–Crippen MR) is 26.9 cm³/mol. The van der Waals surface area contributed by atoms with Gasteiger partial charge in [0.2, 0.25) is 0 Å². The third kappa shape index (κ3) is 1.39. The molecule has 0 bridgehead atoms. The van der Waals surface area contributed by atoms with Crippen molar-refractivity contribution >= 4 is 6.40 Å². The molecule has 0 aromatic heterocycles. The molecular formula is C5H6NO. The molecule has 0 aromatic rings. The molecule has 7 heavy (non-hydrogen) atoms. The van der Waals surface area contributed by atoms with Crippen molar-refractivity contribution in [1.29, 1.82) is 0 Å². The van der Waals surface area contributed by atoms with Gasteiger partial charge in [-0.05, 0) is 12.5 Å². The molecule has 0 unspecified atom stereocenters. The fourth-order valence-electron chi connectivity index (χ4n) is 0.362. The van der Waals surface area contributed by atoms with Gasteiger partial charge in [0.05, 0.1) is 6.26 Å². The number of aliphatic imine (C=N–C) groups is 1. The van der Waals surface area contributed by atoms with Crippen LogP contribution in [0, 0.1) is 6.08 Å². The lowest BCUT2D eigenvalue weighted by molar-refractivity contribution is 0.492. The van der Waals surface area contributed by atoms with Crippen LogP contribution in [-0.2, 0) is 4.74 Å². The zero-order chi connectivity index (χ0) is 4.95. The van der Waals surface area contributed by atoms with Crippen molar-refractivity contribution in [2.24, 2.45) is 4.99 Å². The van der Waals surface area contributed by atoms with Crippen LogP contribution in [0.1, 0.15) is 6.42 Å². The van der Waals surface area contributed by atoms with Crippen molar-refractivity contribution in [3.63, 3.8) is 0 Å². The fourth-order valence-corrected chi connectivity index (χ4v) is 0.362. The van der Waals surface area contributed by atoms with Gasteiger partial charge in [-0.1, -0.05) is 0 Å². The van der Waals surface area contributed by atoms with Gasteiger partial charge in [0.25, 0.3) is 0 Å². The Hall–Kier alpha value is -0.790. The van der Waals surface area contributed by atoms with Crippen molar-refractivity contribution in [2.45, 2.75) is 6.42 Å². The molecule has 0 amide bonds. The van der Waals surface area contributed by atoms with E-state index in [9.17, 15) is 0 Å². The standard InChI is InChI=1S/C5H6NO/c1-2-4-7-5-6-3-1/h4-5H,1,3H2. The zero-order valence-corrected chi connectivity index (χ0v) is 3.92. The number of hydrogen-bond acceptors (Lipinski definition) is 2. The third-order valence-corrected chi connectivity index (χ3v) is 0.672. The van der Waals surface area contributed by atoms with Gasteiger partial charge in [-0.3, -0.25) is 4.99 Å². The first-order valence-corrected chi connectivity index (χ1v) is 2.19. The molecule has 0 fully saturated rings. The van der Waals surface area contributed by atoms with Crippen LogP contribution in [0.5, 0.6) is 0 Å². The predicted octanol–water partition coefficient (Wildman–Crippen LogP) is 0.752. The summed E-state index contributed by atoms with van der Waals surface area (Å²) in [6.07, 6.45) is 6.70. The Balaban J connectivity index is 2.38. The SMILES string of the molecule is [C]1=COC=NCC1. The Bertz CT molecular complexity index is 84.3. The van der Waals surface area contributed by atoms with Gasteiger partial charge < -0.3 is 4.74 Å². The average Bonchev–Trinajstić information content (AvgIpc) is 1.90. The van der Waals surface area contributed by atoms with E-state index < -0.39 is 0 Å². The molecule has 2 nitrogen and oxygen atoms in total. The molecule has 1 aliphatic rings. The summed E-state index contributed by atoms with van der Waals surface area (Å²) in [6, 6.07) is 0. The maximum absolute atomic E-state index is 4.67. The Morgan fingerprint density at radius 2 is 2.71 bits per heavy atom. The van der Waals surface area contributed by atoms with Crippen LogP contribution in [0.4, 0.5) is 0 Å². The van der Waals surface area contributed by atoms with E-state index in [1.54, 1.807) is 0 Å². The Kier molecular flexibility index (Phi) is 1.50. The van der Waals surface area contributed by atoms with Gasteiger partial charge in [0.15, 0.2) is 6.40 Å². The van der Waals surface area contributed by atoms with Crippen molar-refractivity contribution < 1.29 is 4.74 Å². The summed E-state index contributed by atoms with van der Waals surface area (Å²) < 4.78 is 4.67. The Labute approximate surface area is 42.5 Å². The summed E-state index contributed by atoms with van der Waals surface area (Å²) in [5.74, 6) is 0. The molecule has 0 saturated heterocycles. The van der Waals surface area contributed by atoms with E-state index in [1.807, 2.05) is 0 Å². The maximum atomic E-state index is 4.67. The molecule has 0 N–H and O–H groups in total. The van der Waals surface area contributed by atoms with Crippen LogP contribution in [0.3, 0.4) is 0 Å². The quantitative estimate of drug-likeness (QED) is 0.436. The minimum Gasteiger partial charge on any atom is -0.453 e. The summed E-state index contributed by atoms with van der Waals surface area (Å²) >= 11 is 0. The first-order valence-electron chi connectivity index (χ1n) is 2.19. The van der Waals surface area contributed by atoms with Crippen molar-refractivity contribution in [1.82, 2.24) is 0 Å². The number of hydrogen-bond donors (Lipinski definition) is 0. The molecule has 37 valence electrons. The summed E-state index contributed by atoms with van der Waals surface area (Å²) in [5.41, 5.74) is 0. The summed E-state index contributed by atoms with van der Waals surface area (Å²) in [7, 11) is 0. The highest BCUT2D eigenvalue weighted by molar-refractivity contribution is 5.47. The lowest BCUT2D eigenvalue weighted by atomic mass is 10.4. The number of rotatable bonds is 0. The third-order valence-electron chi connectivity index (χ3n) is 0.672. The Morgan fingerprint density at radius 1 is 1.71 bits per heavy atom. The molecule has 0 saturated carbocycles. The molecule has 1 aliphatic heterocycles. The molecule has 0 spiro atoms. The van der Waals surface area contributed by atoms with Crippen LogP contribution in [0.15, 0.2) is 11.3 Å². The molecule has 2 heteroatoms. The van der Waals surface area contributed by atoms with Crippen LogP contribution in [0.25, 0.3) is 0 Å². The zero-order valence-electron chi connectivity index (χ0n) is 3.92. The first-order chi connectivity index (χ1) is 3.50. The minimum absolute atomic E-state index is 0.802. The van der Waals surface area contributed by atoms with Crippen LogP contribution < -0.4 is 0 Å². The van der Waals surface area contributed by atoms with E-state index in [2.05, 4.69) is 15.8 Å². The van der Waals surface area contributed by atoms with Crippen molar-refractivity contribution in [2.75, 3.05) is 6.54 Å². The maximum Gasteiger partial charge on any atom is 0.175 e. The van der Waals surface area contributed by atoms with Crippen molar-refractivity contribution in [3.05, 3.63) is 12.3 Å². The molecule has 0 aliphatic carbocycles. The van der Waals surface area contributed by atoms with E-state index in [-0.39, 0.29) is 0 Å². The van der Waals surface area contributed by atoms with E-state index in [1.165, 1.54) is 12.7 Å². The van der Waals surface area contributed by atoms with Gasteiger partial charge in [0, 0.05) is 6.54 Å². The average molecular weight is 96.1 g/mol. The fraction of sp³-hybridized carbons (Fsp3) is 0.400. The molecule has 1 rings (SSSR count).